The molecule has 0 radical (unpaired) electrons. The summed E-state index contributed by atoms with van der Waals surface area (Å²) in [5.74, 6) is -1.93. The first-order valence-corrected chi connectivity index (χ1v) is 6.32. The maximum Gasteiger partial charge on any atom is 0.335 e. The number of hydrogen-bond acceptors (Lipinski definition) is 4. The number of carboxylic acid groups (broad SMARTS) is 1. The summed E-state index contributed by atoms with van der Waals surface area (Å²) < 4.78 is 18.8. The molecule has 1 aliphatic heterocycles. The number of nitrogens with zero attached hydrogens (tertiary/aromatic N) is 1. The van der Waals surface area contributed by atoms with Gasteiger partial charge in [-0.2, -0.15) is 0 Å². The molecule has 1 unspecified atom stereocenters. The molecule has 1 atom stereocenters. The van der Waals surface area contributed by atoms with Gasteiger partial charge in [0.05, 0.1) is 37.1 Å². The maximum atomic E-state index is 13.6. The topological polar surface area (TPSA) is 99.1 Å². The number of urea groups is 1. The molecule has 2 amide bonds. The molecule has 0 aromatic heterocycles. The van der Waals surface area contributed by atoms with Crippen molar-refractivity contribution in [2.24, 2.45) is 0 Å². The van der Waals surface area contributed by atoms with Gasteiger partial charge in [-0.3, -0.25) is 0 Å². The van der Waals surface area contributed by atoms with Crippen molar-refractivity contribution in [3.05, 3.63) is 29.6 Å². The molecule has 3 N–H and O–H groups in total. The molecule has 0 spiro atoms. The largest absolute Gasteiger partial charge is 0.478 e. The van der Waals surface area contributed by atoms with E-state index < -0.39 is 23.9 Å². The Morgan fingerprint density at radius 2 is 2.24 bits per heavy atom. The summed E-state index contributed by atoms with van der Waals surface area (Å²) >= 11 is 0. The minimum Gasteiger partial charge on any atom is -0.478 e. The third-order valence-electron chi connectivity index (χ3n) is 3.08. The fourth-order valence-electron chi connectivity index (χ4n) is 1.96. The average molecular weight is 298 g/mol. The van der Waals surface area contributed by atoms with Crippen LogP contribution in [-0.2, 0) is 4.74 Å². The number of ether oxygens (including phenoxy) is 1. The number of aliphatic hydroxyl groups excluding tert-OH is 1. The van der Waals surface area contributed by atoms with Crippen LogP contribution < -0.4 is 5.32 Å². The van der Waals surface area contributed by atoms with E-state index >= 15 is 0 Å². The van der Waals surface area contributed by atoms with Crippen LogP contribution in [0.5, 0.6) is 0 Å². The molecule has 8 heteroatoms. The monoisotopic (exact) mass is 298 g/mol. The second kappa shape index (κ2) is 6.51. The summed E-state index contributed by atoms with van der Waals surface area (Å²) in [6.07, 6.45) is -0.472. The fraction of sp³-hybridized carbons (Fsp3) is 0.385. The molecule has 21 heavy (non-hydrogen) atoms. The number of anilines is 1. The summed E-state index contributed by atoms with van der Waals surface area (Å²) in [6, 6.07) is 2.58. The number of rotatable bonds is 3. The highest BCUT2D eigenvalue weighted by Crippen LogP contribution is 2.17. The lowest BCUT2D eigenvalue weighted by molar-refractivity contribution is -0.0388. The van der Waals surface area contributed by atoms with Crippen LogP contribution in [0.15, 0.2) is 18.2 Å². The Bertz CT molecular complexity index is 551. The Kier molecular flexibility index (Phi) is 4.71. The lowest BCUT2D eigenvalue weighted by atomic mass is 10.2. The maximum absolute atomic E-state index is 13.6. The molecule has 1 heterocycles. The Morgan fingerprint density at radius 3 is 2.90 bits per heavy atom. The van der Waals surface area contributed by atoms with E-state index in [9.17, 15) is 14.0 Å². The normalized spacial score (nSPS) is 18.4. The molecule has 1 saturated heterocycles. The Labute approximate surface area is 119 Å². The first-order valence-electron chi connectivity index (χ1n) is 6.32. The van der Waals surface area contributed by atoms with Gasteiger partial charge in [-0.15, -0.1) is 0 Å². The first-order chi connectivity index (χ1) is 10.0. The number of benzene rings is 1. The van der Waals surface area contributed by atoms with Crippen LogP contribution in [0.3, 0.4) is 0 Å². The number of halogens is 1. The quantitative estimate of drug-likeness (QED) is 0.764. The molecule has 114 valence electrons. The van der Waals surface area contributed by atoms with E-state index in [1.54, 1.807) is 0 Å². The lowest BCUT2D eigenvalue weighted by Crippen LogP contribution is -2.48. The second-order valence-corrected chi connectivity index (χ2v) is 4.55. The van der Waals surface area contributed by atoms with Crippen molar-refractivity contribution in [2.75, 3.05) is 31.6 Å². The molecular weight excluding hydrogens is 283 g/mol. The number of carbonyl (C=O) groups is 2. The number of carbonyl (C=O) groups excluding carboxylic acids is 1. The van der Waals surface area contributed by atoms with Gasteiger partial charge in [-0.1, -0.05) is 0 Å². The van der Waals surface area contributed by atoms with Gasteiger partial charge in [0, 0.05) is 6.54 Å². The number of nitrogens with one attached hydrogen (secondary N) is 1. The second-order valence-electron chi connectivity index (χ2n) is 4.55. The number of aromatic carboxylic acids is 1. The van der Waals surface area contributed by atoms with Crippen molar-refractivity contribution >= 4 is 17.7 Å². The van der Waals surface area contributed by atoms with Gasteiger partial charge in [-0.25, -0.2) is 14.0 Å². The SMILES string of the molecule is O=C(O)c1ccc(F)c(NC(=O)N2CCOC(CO)C2)c1. The van der Waals surface area contributed by atoms with Crippen molar-refractivity contribution in [1.29, 1.82) is 0 Å². The van der Waals surface area contributed by atoms with Crippen LogP contribution in [0.2, 0.25) is 0 Å². The third kappa shape index (κ3) is 3.67. The predicted molar refractivity (Wildman–Crippen MR) is 70.8 cm³/mol. The van der Waals surface area contributed by atoms with Crippen molar-refractivity contribution in [2.45, 2.75) is 6.10 Å². The number of amides is 2. The summed E-state index contributed by atoms with van der Waals surface area (Å²) in [4.78, 5) is 24.2. The van der Waals surface area contributed by atoms with Gasteiger partial charge in [0.25, 0.3) is 0 Å². The van der Waals surface area contributed by atoms with E-state index in [0.717, 1.165) is 18.2 Å². The van der Waals surface area contributed by atoms with Gasteiger partial charge < -0.3 is 25.2 Å². The van der Waals surface area contributed by atoms with E-state index in [-0.39, 0.29) is 31.0 Å². The third-order valence-corrected chi connectivity index (χ3v) is 3.08. The summed E-state index contributed by atoms with van der Waals surface area (Å²) in [5, 5.41) is 20.2. The summed E-state index contributed by atoms with van der Waals surface area (Å²) in [6.45, 7) is 0.550. The van der Waals surface area contributed by atoms with Gasteiger partial charge >= 0.3 is 12.0 Å². The predicted octanol–water partition coefficient (Wildman–Crippen LogP) is 0.749. The van der Waals surface area contributed by atoms with Crippen molar-refractivity contribution in [3.63, 3.8) is 0 Å². The zero-order chi connectivity index (χ0) is 15.4. The van der Waals surface area contributed by atoms with Crippen molar-refractivity contribution in [3.8, 4) is 0 Å². The highest BCUT2D eigenvalue weighted by atomic mass is 19.1. The lowest BCUT2D eigenvalue weighted by Gasteiger charge is -2.32. The van der Waals surface area contributed by atoms with Crippen LogP contribution in [0.25, 0.3) is 0 Å². The van der Waals surface area contributed by atoms with E-state index in [1.807, 2.05) is 0 Å². The molecule has 0 aliphatic carbocycles. The van der Waals surface area contributed by atoms with E-state index in [1.165, 1.54) is 4.90 Å². The zero-order valence-electron chi connectivity index (χ0n) is 11.1. The highest BCUT2D eigenvalue weighted by Gasteiger charge is 2.24. The molecule has 0 saturated carbocycles. The van der Waals surface area contributed by atoms with Gasteiger partial charge in [-0.05, 0) is 18.2 Å². The number of carboxylic acids is 1. The fourth-order valence-corrected chi connectivity index (χ4v) is 1.96. The molecule has 0 bridgehead atoms. The summed E-state index contributed by atoms with van der Waals surface area (Å²) in [7, 11) is 0. The molecule has 7 nitrogen and oxygen atoms in total. The van der Waals surface area contributed by atoms with Crippen LogP contribution in [0, 0.1) is 5.82 Å². The molecule has 1 aromatic rings. The first kappa shape index (κ1) is 15.2. The molecule has 2 rings (SSSR count). The Morgan fingerprint density at radius 1 is 1.48 bits per heavy atom. The molecule has 1 fully saturated rings. The summed E-state index contributed by atoms with van der Waals surface area (Å²) in [5.41, 5.74) is -0.325. The van der Waals surface area contributed by atoms with Gasteiger partial charge in [0.2, 0.25) is 0 Å². The van der Waals surface area contributed by atoms with E-state index in [2.05, 4.69) is 5.32 Å². The minimum absolute atomic E-state index is 0.123. The van der Waals surface area contributed by atoms with Crippen LogP contribution >= 0.6 is 0 Å². The molecular formula is C13H15FN2O5. The van der Waals surface area contributed by atoms with Gasteiger partial charge in [0.1, 0.15) is 5.82 Å². The molecule has 1 aromatic carbocycles. The van der Waals surface area contributed by atoms with Crippen LogP contribution in [-0.4, -0.2) is 59.5 Å². The number of hydrogen-bond donors (Lipinski definition) is 3. The van der Waals surface area contributed by atoms with Crippen LogP contribution in [0.1, 0.15) is 10.4 Å². The smallest absolute Gasteiger partial charge is 0.335 e. The minimum atomic E-state index is -1.21. The zero-order valence-corrected chi connectivity index (χ0v) is 11.1. The number of aliphatic hydroxyl groups is 1. The van der Waals surface area contributed by atoms with E-state index in [4.69, 9.17) is 14.9 Å². The standard InChI is InChI=1S/C13H15FN2O5/c14-10-2-1-8(12(18)19)5-11(10)15-13(20)16-3-4-21-9(6-16)7-17/h1-2,5,9,17H,3-4,6-7H2,(H,15,20)(H,18,19). The van der Waals surface area contributed by atoms with Crippen LogP contribution in [0.4, 0.5) is 14.9 Å². The van der Waals surface area contributed by atoms with E-state index in [0.29, 0.717) is 6.54 Å². The van der Waals surface area contributed by atoms with Crippen molar-refractivity contribution in [1.82, 2.24) is 4.90 Å². The Balaban J connectivity index is 2.08. The molecule has 1 aliphatic rings. The van der Waals surface area contributed by atoms with Crippen molar-refractivity contribution < 1.29 is 28.9 Å². The number of morpholine rings is 1. The highest BCUT2D eigenvalue weighted by molar-refractivity contribution is 5.93. The average Bonchev–Trinajstić information content (AvgIpc) is 2.49. The Hall–Kier alpha value is -2.19. The van der Waals surface area contributed by atoms with Gasteiger partial charge in [0.15, 0.2) is 0 Å².